The highest BCUT2D eigenvalue weighted by Gasteiger charge is 2.39. The number of rotatable bonds is 2. The van der Waals surface area contributed by atoms with E-state index in [4.69, 9.17) is 16.7 Å². The summed E-state index contributed by atoms with van der Waals surface area (Å²) in [5, 5.41) is 9.20. The van der Waals surface area contributed by atoms with Gasteiger partial charge >= 0.3 is 12.1 Å². The van der Waals surface area contributed by atoms with Crippen LogP contribution in [0.25, 0.3) is 10.6 Å². The fourth-order valence-corrected chi connectivity index (χ4v) is 2.43. The zero-order chi connectivity index (χ0) is 14.2. The van der Waals surface area contributed by atoms with Crippen LogP contribution in [0.15, 0.2) is 24.3 Å². The second-order valence-corrected chi connectivity index (χ2v) is 4.94. The molecule has 1 aromatic carbocycles. The number of carboxylic acid groups (broad SMARTS) is 1. The van der Waals surface area contributed by atoms with Crippen molar-refractivity contribution in [3.8, 4) is 10.6 Å². The molecule has 19 heavy (non-hydrogen) atoms. The highest BCUT2D eigenvalue weighted by molar-refractivity contribution is 7.17. The Balaban J connectivity index is 2.55. The van der Waals surface area contributed by atoms with E-state index in [1.54, 1.807) is 0 Å². The standard InChI is InChI=1S/C11H5ClF3NO2S/c12-6-3-1-5(2-4-6)9-16-8(11(13,14)15)7(19-9)10(17)18/h1-4H,(H,17,18). The topological polar surface area (TPSA) is 50.2 Å². The Morgan fingerprint density at radius 1 is 1.26 bits per heavy atom. The van der Waals surface area contributed by atoms with E-state index in [0.717, 1.165) is 0 Å². The summed E-state index contributed by atoms with van der Waals surface area (Å²) in [4.78, 5) is 13.4. The van der Waals surface area contributed by atoms with Crippen molar-refractivity contribution in [3.05, 3.63) is 39.9 Å². The van der Waals surface area contributed by atoms with Gasteiger partial charge in [0.05, 0.1) is 0 Å². The highest BCUT2D eigenvalue weighted by atomic mass is 35.5. The van der Waals surface area contributed by atoms with Gasteiger partial charge in [-0.25, -0.2) is 9.78 Å². The fraction of sp³-hybridized carbons (Fsp3) is 0.0909. The lowest BCUT2D eigenvalue weighted by Gasteiger charge is -2.02. The molecule has 2 aromatic rings. The molecule has 0 aliphatic carbocycles. The highest BCUT2D eigenvalue weighted by Crippen LogP contribution is 2.37. The fourth-order valence-electron chi connectivity index (χ4n) is 1.37. The van der Waals surface area contributed by atoms with Crippen LogP contribution in [-0.4, -0.2) is 16.1 Å². The number of benzene rings is 1. The molecule has 8 heteroatoms. The van der Waals surface area contributed by atoms with Gasteiger partial charge in [-0.3, -0.25) is 0 Å². The van der Waals surface area contributed by atoms with Crippen LogP contribution in [0.2, 0.25) is 5.02 Å². The Hall–Kier alpha value is -1.60. The molecular weight excluding hydrogens is 303 g/mol. The van der Waals surface area contributed by atoms with Crippen LogP contribution >= 0.6 is 22.9 Å². The third kappa shape index (κ3) is 2.87. The first-order chi connectivity index (χ1) is 8.79. The van der Waals surface area contributed by atoms with E-state index in [-0.39, 0.29) is 5.01 Å². The van der Waals surface area contributed by atoms with Crippen molar-refractivity contribution in [3.63, 3.8) is 0 Å². The SMILES string of the molecule is O=C(O)c1sc(-c2ccc(Cl)cc2)nc1C(F)(F)F. The number of carbonyl (C=O) groups is 1. The van der Waals surface area contributed by atoms with Crippen LogP contribution in [0.4, 0.5) is 13.2 Å². The van der Waals surface area contributed by atoms with E-state index < -0.39 is 22.7 Å². The molecule has 0 aliphatic heterocycles. The van der Waals surface area contributed by atoms with Crippen molar-refractivity contribution in [2.24, 2.45) is 0 Å². The third-order valence-corrected chi connectivity index (χ3v) is 3.53. The molecule has 3 nitrogen and oxygen atoms in total. The summed E-state index contributed by atoms with van der Waals surface area (Å²) >= 11 is 6.15. The van der Waals surface area contributed by atoms with E-state index in [2.05, 4.69) is 4.98 Å². The molecule has 0 atom stereocenters. The van der Waals surface area contributed by atoms with E-state index in [0.29, 0.717) is 21.9 Å². The summed E-state index contributed by atoms with van der Waals surface area (Å²) in [5.41, 5.74) is -0.998. The summed E-state index contributed by atoms with van der Waals surface area (Å²) in [6.45, 7) is 0. The zero-order valence-electron chi connectivity index (χ0n) is 9.03. The number of halogens is 4. The monoisotopic (exact) mass is 307 g/mol. The summed E-state index contributed by atoms with van der Waals surface area (Å²) in [6.07, 6.45) is -4.80. The van der Waals surface area contributed by atoms with Crippen molar-refractivity contribution >= 4 is 28.9 Å². The molecule has 2 rings (SSSR count). The van der Waals surface area contributed by atoms with E-state index in [1.807, 2.05) is 0 Å². The van der Waals surface area contributed by atoms with Crippen LogP contribution in [0.5, 0.6) is 0 Å². The molecule has 0 unspecified atom stereocenters. The summed E-state index contributed by atoms with van der Waals surface area (Å²) in [6, 6.07) is 5.94. The Morgan fingerprint density at radius 2 is 1.84 bits per heavy atom. The van der Waals surface area contributed by atoms with Gasteiger partial charge in [-0.1, -0.05) is 23.7 Å². The number of alkyl halides is 3. The van der Waals surface area contributed by atoms with Gasteiger partial charge in [0, 0.05) is 10.6 Å². The molecule has 0 bridgehead atoms. The minimum absolute atomic E-state index is 0.0126. The van der Waals surface area contributed by atoms with Crippen molar-refractivity contribution in [1.82, 2.24) is 4.98 Å². The maximum atomic E-state index is 12.7. The van der Waals surface area contributed by atoms with Crippen molar-refractivity contribution in [2.45, 2.75) is 6.18 Å². The molecule has 0 saturated carbocycles. The minimum Gasteiger partial charge on any atom is -0.477 e. The van der Waals surface area contributed by atoms with Crippen LogP contribution in [0, 0.1) is 0 Å². The molecule has 0 spiro atoms. The average molecular weight is 308 g/mol. The zero-order valence-corrected chi connectivity index (χ0v) is 10.6. The Morgan fingerprint density at radius 3 is 2.26 bits per heavy atom. The normalized spacial score (nSPS) is 11.6. The summed E-state index contributed by atoms with van der Waals surface area (Å²) < 4.78 is 38.0. The third-order valence-electron chi connectivity index (χ3n) is 2.18. The number of aromatic carboxylic acids is 1. The lowest BCUT2D eigenvalue weighted by atomic mass is 10.2. The molecule has 0 amide bonds. The average Bonchev–Trinajstić information content (AvgIpc) is 2.74. The van der Waals surface area contributed by atoms with Gasteiger partial charge in [0.15, 0.2) is 5.69 Å². The quantitative estimate of drug-likeness (QED) is 0.905. The van der Waals surface area contributed by atoms with Crippen LogP contribution in [0.1, 0.15) is 15.4 Å². The van der Waals surface area contributed by atoms with Gasteiger partial charge in [0.25, 0.3) is 0 Å². The minimum atomic E-state index is -4.80. The number of nitrogens with zero attached hydrogens (tertiary/aromatic N) is 1. The smallest absolute Gasteiger partial charge is 0.435 e. The molecule has 1 aromatic heterocycles. The number of thiazole rings is 1. The van der Waals surface area contributed by atoms with Gasteiger partial charge in [-0.05, 0) is 12.1 Å². The molecule has 0 saturated heterocycles. The van der Waals surface area contributed by atoms with Crippen molar-refractivity contribution in [1.29, 1.82) is 0 Å². The van der Waals surface area contributed by atoms with Crippen LogP contribution < -0.4 is 0 Å². The van der Waals surface area contributed by atoms with Crippen LogP contribution in [0.3, 0.4) is 0 Å². The van der Waals surface area contributed by atoms with Gasteiger partial charge in [0.2, 0.25) is 0 Å². The maximum Gasteiger partial charge on any atom is 0.435 e. The molecule has 0 fully saturated rings. The number of hydrogen-bond acceptors (Lipinski definition) is 3. The molecule has 0 radical (unpaired) electrons. The van der Waals surface area contributed by atoms with E-state index >= 15 is 0 Å². The lowest BCUT2D eigenvalue weighted by molar-refractivity contribution is -0.141. The molecule has 1 N–H and O–H groups in total. The molecule has 1 heterocycles. The summed E-state index contributed by atoms with van der Waals surface area (Å²) in [5.74, 6) is -1.65. The van der Waals surface area contributed by atoms with E-state index in [9.17, 15) is 18.0 Å². The lowest BCUT2D eigenvalue weighted by Crippen LogP contribution is -2.11. The van der Waals surface area contributed by atoms with Crippen molar-refractivity contribution in [2.75, 3.05) is 0 Å². The second-order valence-electron chi connectivity index (χ2n) is 3.51. The Labute approximate surface area is 114 Å². The largest absolute Gasteiger partial charge is 0.477 e. The van der Waals surface area contributed by atoms with Gasteiger partial charge in [0.1, 0.15) is 9.88 Å². The van der Waals surface area contributed by atoms with Gasteiger partial charge in [-0.15, -0.1) is 11.3 Å². The number of hydrogen-bond donors (Lipinski definition) is 1. The molecule has 100 valence electrons. The first-order valence-electron chi connectivity index (χ1n) is 4.86. The van der Waals surface area contributed by atoms with E-state index in [1.165, 1.54) is 24.3 Å². The molecule has 0 aliphatic rings. The number of carboxylic acids is 1. The first kappa shape index (κ1) is 13.8. The predicted molar refractivity (Wildman–Crippen MR) is 64.5 cm³/mol. The van der Waals surface area contributed by atoms with Gasteiger partial charge < -0.3 is 5.11 Å². The predicted octanol–water partition coefficient (Wildman–Crippen LogP) is 4.18. The van der Waals surface area contributed by atoms with Crippen molar-refractivity contribution < 1.29 is 23.1 Å². The maximum absolute atomic E-state index is 12.7. The van der Waals surface area contributed by atoms with Crippen LogP contribution in [-0.2, 0) is 6.18 Å². The second kappa shape index (κ2) is 4.82. The Bertz CT molecular complexity index is 622. The molecular formula is C11H5ClF3NO2S. The first-order valence-corrected chi connectivity index (χ1v) is 6.05. The number of aromatic nitrogens is 1. The summed E-state index contributed by atoms with van der Waals surface area (Å²) in [7, 11) is 0. The Kier molecular flexibility index (Phi) is 3.51. The van der Waals surface area contributed by atoms with Gasteiger partial charge in [-0.2, -0.15) is 13.2 Å².